The Balaban J connectivity index is 3.06. The Morgan fingerprint density at radius 1 is 1.00 bits per heavy atom. The molecule has 0 aromatic rings. The van der Waals surface area contributed by atoms with Crippen LogP contribution in [0.25, 0.3) is 0 Å². The van der Waals surface area contributed by atoms with Gasteiger partial charge in [0.1, 0.15) is 0 Å². The van der Waals surface area contributed by atoms with Gasteiger partial charge in [0, 0.05) is 0 Å². The van der Waals surface area contributed by atoms with Crippen LogP contribution in [-0.2, 0) is 4.79 Å². The second kappa shape index (κ2) is 11.7. The van der Waals surface area contributed by atoms with Crippen molar-refractivity contribution in [3.05, 3.63) is 12.2 Å². The molecular weight excluding hydrogens is 210 g/mol. The molecule has 0 aliphatic carbocycles. The fourth-order valence-electron chi connectivity index (χ4n) is 1.90. The van der Waals surface area contributed by atoms with Crippen molar-refractivity contribution < 1.29 is 4.79 Å². The van der Waals surface area contributed by atoms with E-state index in [1.807, 2.05) is 6.08 Å². The molecule has 0 aliphatic rings. The highest BCUT2D eigenvalue weighted by atomic mass is 16.1. The first-order valence-electron chi connectivity index (χ1n) is 7.09. The van der Waals surface area contributed by atoms with Gasteiger partial charge in [0.05, 0.1) is 0 Å². The number of primary amides is 1. The van der Waals surface area contributed by atoms with E-state index in [9.17, 15) is 4.79 Å². The molecule has 0 rings (SSSR count). The minimum absolute atomic E-state index is 0.338. The summed E-state index contributed by atoms with van der Waals surface area (Å²) in [7, 11) is 0. The quantitative estimate of drug-likeness (QED) is 0.426. The molecule has 17 heavy (non-hydrogen) atoms. The predicted molar refractivity (Wildman–Crippen MR) is 74.7 cm³/mol. The summed E-state index contributed by atoms with van der Waals surface area (Å²) in [5.74, 6) is 0.516. The van der Waals surface area contributed by atoms with Gasteiger partial charge in [0.2, 0.25) is 5.91 Å². The molecule has 0 atom stereocenters. The lowest BCUT2D eigenvalue weighted by Crippen LogP contribution is -2.05. The number of carbonyl (C=O) groups excluding carboxylic acids is 1. The fourth-order valence-corrected chi connectivity index (χ4v) is 1.90. The third-order valence-corrected chi connectivity index (χ3v) is 2.93. The van der Waals surface area contributed by atoms with Crippen LogP contribution < -0.4 is 5.73 Å². The summed E-state index contributed by atoms with van der Waals surface area (Å²) in [6.07, 6.45) is 15.0. The van der Waals surface area contributed by atoms with Crippen LogP contribution in [0.2, 0.25) is 0 Å². The van der Waals surface area contributed by atoms with E-state index >= 15 is 0 Å². The molecular formula is C15H29NO. The van der Waals surface area contributed by atoms with Crippen LogP contribution in [0, 0.1) is 5.92 Å². The molecule has 0 radical (unpaired) electrons. The molecule has 0 aromatic heterocycles. The van der Waals surface area contributed by atoms with Crippen molar-refractivity contribution in [1.29, 1.82) is 0 Å². The Hall–Kier alpha value is -0.790. The lowest BCUT2D eigenvalue weighted by molar-refractivity contribution is -0.113. The van der Waals surface area contributed by atoms with E-state index < -0.39 is 0 Å². The number of rotatable bonds is 11. The smallest absolute Gasteiger partial charge is 0.241 e. The van der Waals surface area contributed by atoms with Crippen LogP contribution in [0.5, 0.6) is 0 Å². The first-order valence-corrected chi connectivity index (χ1v) is 7.09. The van der Waals surface area contributed by atoms with Crippen molar-refractivity contribution >= 4 is 5.91 Å². The van der Waals surface area contributed by atoms with Crippen LogP contribution >= 0.6 is 0 Å². The minimum Gasteiger partial charge on any atom is -0.366 e. The summed E-state index contributed by atoms with van der Waals surface area (Å²) in [4.78, 5) is 10.4. The van der Waals surface area contributed by atoms with Crippen molar-refractivity contribution in [3.63, 3.8) is 0 Å². The van der Waals surface area contributed by atoms with Gasteiger partial charge in [-0.3, -0.25) is 4.79 Å². The molecule has 0 unspecified atom stereocenters. The van der Waals surface area contributed by atoms with Crippen LogP contribution in [-0.4, -0.2) is 5.91 Å². The monoisotopic (exact) mass is 239 g/mol. The van der Waals surface area contributed by atoms with Crippen molar-refractivity contribution in [2.24, 2.45) is 11.7 Å². The molecule has 0 fully saturated rings. The number of amides is 1. The lowest BCUT2D eigenvalue weighted by atomic mass is 10.0. The van der Waals surface area contributed by atoms with E-state index in [1.54, 1.807) is 0 Å². The van der Waals surface area contributed by atoms with Crippen molar-refractivity contribution in [1.82, 2.24) is 0 Å². The van der Waals surface area contributed by atoms with Crippen LogP contribution in [0.3, 0.4) is 0 Å². The summed E-state index contributed by atoms with van der Waals surface area (Å²) >= 11 is 0. The summed E-state index contributed by atoms with van der Waals surface area (Å²) in [6.45, 7) is 4.58. The maximum atomic E-state index is 10.4. The SMILES string of the molecule is CC(C)CCCCCCCCC/C=C/C(N)=O. The molecule has 2 heteroatoms. The summed E-state index contributed by atoms with van der Waals surface area (Å²) in [5, 5.41) is 0. The zero-order valence-electron chi connectivity index (χ0n) is 11.6. The maximum absolute atomic E-state index is 10.4. The highest BCUT2D eigenvalue weighted by molar-refractivity contribution is 5.85. The maximum Gasteiger partial charge on any atom is 0.241 e. The average Bonchev–Trinajstić information content (AvgIpc) is 2.25. The Labute approximate surface area is 107 Å². The van der Waals surface area contributed by atoms with Crippen LogP contribution in [0.15, 0.2) is 12.2 Å². The standard InChI is InChI=1S/C15H29NO/c1-14(2)12-10-8-6-4-3-5-7-9-11-13-15(16)17/h11,13-14H,3-10,12H2,1-2H3,(H2,16,17)/b13-11+. The molecule has 0 spiro atoms. The predicted octanol–water partition coefficient (Wildman–Crippen LogP) is 4.19. The Kier molecular flexibility index (Phi) is 11.1. The van der Waals surface area contributed by atoms with E-state index in [-0.39, 0.29) is 5.91 Å². The van der Waals surface area contributed by atoms with Gasteiger partial charge < -0.3 is 5.73 Å². The van der Waals surface area contributed by atoms with Gasteiger partial charge in [-0.1, -0.05) is 64.9 Å². The van der Waals surface area contributed by atoms with E-state index in [2.05, 4.69) is 13.8 Å². The molecule has 0 saturated carbocycles. The molecule has 0 bridgehead atoms. The Morgan fingerprint density at radius 3 is 2.06 bits per heavy atom. The van der Waals surface area contributed by atoms with E-state index in [0.29, 0.717) is 0 Å². The third kappa shape index (κ3) is 15.2. The van der Waals surface area contributed by atoms with Gasteiger partial charge in [0.15, 0.2) is 0 Å². The Morgan fingerprint density at radius 2 is 1.53 bits per heavy atom. The van der Waals surface area contributed by atoms with Gasteiger partial charge in [-0.2, -0.15) is 0 Å². The molecule has 0 aliphatic heterocycles. The van der Waals surface area contributed by atoms with E-state index in [4.69, 9.17) is 5.73 Å². The topological polar surface area (TPSA) is 43.1 Å². The van der Waals surface area contributed by atoms with Crippen molar-refractivity contribution in [3.8, 4) is 0 Å². The number of hydrogen-bond acceptors (Lipinski definition) is 1. The van der Waals surface area contributed by atoms with Crippen molar-refractivity contribution in [2.45, 2.75) is 71.6 Å². The van der Waals surface area contributed by atoms with Gasteiger partial charge in [-0.25, -0.2) is 0 Å². The first-order chi connectivity index (χ1) is 8.13. The van der Waals surface area contributed by atoms with Gasteiger partial charge in [0.25, 0.3) is 0 Å². The summed E-state index contributed by atoms with van der Waals surface area (Å²) < 4.78 is 0. The number of unbranched alkanes of at least 4 members (excludes halogenated alkanes) is 7. The highest BCUT2D eigenvalue weighted by Crippen LogP contribution is 2.12. The number of carbonyl (C=O) groups is 1. The second-order valence-electron chi connectivity index (χ2n) is 5.25. The van der Waals surface area contributed by atoms with Crippen LogP contribution in [0.1, 0.15) is 71.6 Å². The highest BCUT2D eigenvalue weighted by Gasteiger charge is 1.94. The third-order valence-electron chi connectivity index (χ3n) is 2.93. The molecule has 0 heterocycles. The van der Waals surface area contributed by atoms with Crippen molar-refractivity contribution in [2.75, 3.05) is 0 Å². The number of nitrogens with two attached hydrogens (primary N) is 1. The molecule has 2 nitrogen and oxygen atoms in total. The molecule has 2 N–H and O–H groups in total. The molecule has 0 aromatic carbocycles. The lowest BCUT2D eigenvalue weighted by Gasteiger charge is -2.04. The molecule has 100 valence electrons. The zero-order chi connectivity index (χ0) is 12.9. The summed E-state index contributed by atoms with van der Waals surface area (Å²) in [5.41, 5.74) is 5.00. The van der Waals surface area contributed by atoms with Crippen LogP contribution in [0.4, 0.5) is 0 Å². The Bertz CT molecular complexity index is 209. The molecule has 1 amide bonds. The summed E-state index contributed by atoms with van der Waals surface area (Å²) in [6, 6.07) is 0. The zero-order valence-corrected chi connectivity index (χ0v) is 11.6. The van der Waals surface area contributed by atoms with Gasteiger partial charge in [-0.15, -0.1) is 0 Å². The first kappa shape index (κ1) is 16.2. The largest absolute Gasteiger partial charge is 0.366 e. The molecule has 0 saturated heterocycles. The number of hydrogen-bond donors (Lipinski definition) is 1. The fraction of sp³-hybridized carbons (Fsp3) is 0.800. The average molecular weight is 239 g/mol. The normalized spacial score (nSPS) is 11.5. The van der Waals surface area contributed by atoms with E-state index in [0.717, 1.165) is 12.3 Å². The van der Waals surface area contributed by atoms with Gasteiger partial charge in [-0.05, 0) is 24.8 Å². The minimum atomic E-state index is -0.338. The van der Waals surface area contributed by atoms with Gasteiger partial charge >= 0.3 is 0 Å². The second-order valence-corrected chi connectivity index (χ2v) is 5.25. The van der Waals surface area contributed by atoms with E-state index in [1.165, 1.54) is 57.4 Å². The number of allylic oxidation sites excluding steroid dienone is 1.